The van der Waals surface area contributed by atoms with Crippen molar-refractivity contribution in [3.63, 3.8) is 0 Å². The van der Waals surface area contributed by atoms with Gasteiger partial charge in [0.2, 0.25) is 0 Å². The molecule has 1 aliphatic heterocycles. The summed E-state index contributed by atoms with van der Waals surface area (Å²) in [5.41, 5.74) is 0. The van der Waals surface area contributed by atoms with E-state index in [-0.39, 0.29) is 17.3 Å². The number of fused-ring (bicyclic) bond motifs is 1. The minimum Gasteiger partial charge on any atom is -0.462 e. The molecule has 1 aromatic rings. The maximum atomic E-state index is 11.3. The van der Waals surface area contributed by atoms with E-state index in [9.17, 15) is 4.79 Å². The Hall–Kier alpha value is -1.62. The van der Waals surface area contributed by atoms with Gasteiger partial charge in [-0.1, -0.05) is 18.2 Å². The van der Waals surface area contributed by atoms with Crippen LogP contribution in [-0.4, -0.2) is 23.9 Å². The van der Waals surface area contributed by atoms with Crippen molar-refractivity contribution in [1.29, 1.82) is 0 Å². The second kappa shape index (κ2) is 6.43. The van der Waals surface area contributed by atoms with E-state index in [1.54, 1.807) is 0 Å². The van der Waals surface area contributed by atoms with E-state index in [0.29, 0.717) is 30.6 Å². The number of ether oxygens (including phenoxy) is 3. The fourth-order valence-corrected chi connectivity index (χ4v) is 3.20. The predicted molar refractivity (Wildman–Crippen MR) is 80.9 cm³/mol. The first-order chi connectivity index (χ1) is 10.2. The van der Waals surface area contributed by atoms with E-state index in [2.05, 4.69) is 0 Å². The van der Waals surface area contributed by atoms with E-state index < -0.39 is 0 Å². The first kappa shape index (κ1) is 14.3. The molecule has 112 valence electrons. The Labute approximate surface area is 129 Å². The summed E-state index contributed by atoms with van der Waals surface area (Å²) in [5, 5.41) is 0.145. The van der Waals surface area contributed by atoms with Gasteiger partial charge < -0.3 is 14.2 Å². The summed E-state index contributed by atoms with van der Waals surface area (Å²) in [7, 11) is 0. The van der Waals surface area contributed by atoms with Gasteiger partial charge in [0.25, 0.3) is 0 Å². The van der Waals surface area contributed by atoms with Gasteiger partial charge in [-0.3, -0.25) is 4.79 Å². The molecule has 0 amide bonds. The molecule has 5 heteroatoms. The highest BCUT2D eigenvalue weighted by molar-refractivity contribution is 7.79. The predicted octanol–water partition coefficient (Wildman–Crippen LogP) is 3.10. The van der Waals surface area contributed by atoms with Crippen LogP contribution in [0.1, 0.15) is 25.7 Å². The lowest BCUT2D eigenvalue weighted by atomic mass is 9.80. The molecule has 1 aliphatic carbocycles. The third-order valence-electron chi connectivity index (χ3n) is 4.13. The number of hydrogen-bond acceptors (Lipinski definition) is 5. The molecular weight excluding hydrogens is 288 g/mol. The van der Waals surface area contributed by atoms with Crippen molar-refractivity contribution in [3.8, 4) is 5.75 Å². The molecule has 0 bridgehead atoms. The SMILES string of the molecule is O=C1C[C@@H]2CC[C@@H](COC(=S)Oc3ccccc3)C[C@@H]2O1. The zero-order valence-corrected chi connectivity index (χ0v) is 12.5. The normalized spacial score (nSPS) is 27.6. The molecule has 0 spiro atoms. The summed E-state index contributed by atoms with van der Waals surface area (Å²) in [6, 6.07) is 9.34. The van der Waals surface area contributed by atoms with Crippen LogP contribution in [0.2, 0.25) is 0 Å². The number of para-hydroxylation sites is 1. The van der Waals surface area contributed by atoms with Crippen molar-refractivity contribution in [2.75, 3.05) is 6.61 Å². The fraction of sp³-hybridized carbons (Fsp3) is 0.500. The second-order valence-corrected chi connectivity index (χ2v) is 5.98. The third kappa shape index (κ3) is 3.73. The number of rotatable bonds is 3. The molecule has 0 aromatic heterocycles. The number of carbonyl (C=O) groups excluding carboxylic acids is 1. The number of hydrogen-bond donors (Lipinski definition) is 0. The van der Waals surface area contributed by atoms with Gasteiger partial charge in [0.15, 0.2) is 0 Å². The van der Waals surface area contributed by atoms with Crippen molar-refractivity contribution in [2.45, 2.75) is 31.8 Å². The second-order valence-electron chi connectivity index (χ2n) is 5.65. The van der Waals surface area contributed by atoms with Gasteiger partial charge in [0, 0.05) is 18.1 Å². The molecule has 0 unspecified atom stereocenters. The monoisotopic (exact) mass is 306 g/mol. The highest BCUT2D eigenvalue weighted by Gasteiger charge is 2.39. The molecule has 1 saturated carbocycles. The highest BCUT2D eigenvalue weighted by Crippen LogP contribution is 2.37. The Bertz CT molecular complexity index is 516. The number of thiocarbonyl (C=S) groups is 1. The Balaban J connectivity index is 1.43. The van der Waals surface area contributed by atoms with Crippen LogP contribution in [0.15, 0.2) is 30.3 Å². The standard InChI is InChI=1S/C16H18O4S/c17-15-9-12-7-6-11(8-14(12)20-15)10-18-16(21)19-13-4-2-1-3-5-13/h1-5,11-12,14H,6-10H2/t11-,12+,14+/m1/s1. The molecule has 1 aromatic carbocycles. The zero-order valence-electron chi connectivity index (χ0n) is 11.7. The van der Waals surface area contributed by atoms with E-state index >= 15 is 0 Å². The molecule has 1 saturated heterocycles. The third-order valence-corrected chi connectivity index (χ3v) is 4.33. The van der Waals surface area contributed by atoms with Crippen molar-refractivity contribution in [3.05, 3.63) is 30.3 Å². The Kier molecular flexibility index (Phi) is 4.39. The number of esters is 1. The summed E-state index contributed by atoms with van der Waals surface area (Å²) in [6.45, 7) is 0.520. The lowest BCUT2D eigenvalue weighted by Gasteiger charge is -2.29. The van der Waals surface area contributed by atoms with Crippen LogP contribution >= 0.6 is 12.2 Å². The summed E-state index contributed by atoms with van der Waals surface area (Å²) >= 11 is 5.09. The summed E-state index contributed by atoms with van der Waals surface area (Å²) in [5.74, 6) is 1.39. The van der Waals surface area contributed by atoms with Crippen LogP contribution in [0.25, 0.3) is 0 Å². The smallest absolute Gasteiger partial charge is 0.357 e. The molecule has 4 nitrogen and oxygen atoms in total. The van der Waals surface area contributed by atoms with Gasteiger partial charge >= 0.3 is 11.2 Å². The summed E-state index contributed by atoms with van der Waals surface area (Å²) in [6.07, 6.45) is 3.59. The van der Waals surface area contributed by atoms with E-state index in [0.717, 1.165) is 19.3 Å². The van der Waals surface area contributed by atoms with Gasteiger partial charge in [-0.05, 0) is 37.3 Å². The molecule has 3 atom stereocenters. The van der Waals surface area contributed by atoms with Crippen LogP contribution in [-0.2, 0) is 14.3 Å². The Morgan fingerprint density at radius 1 is 1.29 bits per heavy atom. The first-order valence-corrected chi connectivity index (χ1v) is 7.70. The summed E-state index contributed by atoms with van der Waals surface area (Å²) < 4.78 is 16.3. The molecule has 21 heavy (non-hydrogen) atoms. The lowest BCUT2D eigenvalue weighted by Crippen LogP contribution is -2.29. The molecule has 0 N–H and O–H groups in total. The molecule has 2 aliphatic rings. The van der Waals surface area contributed by atoms with Crippen molar-refractivity contribution in [2.24, 2.45) is 11.8 Å². The minimum atomic E-state index is -0.0606. The quantitative estimate of drug-likeness (QED) is 0.634. The summed E-state index contributed by atoms with van der Waals surface area (Å²) in [4.78, 5) is 11.3. The molecule has 0 radical (unpaired) electrons. The maximum absolute atomic E-state index is 11.3. The maximum Gasteiger partial charge on any atom is 0.357 e. The van der Waals surface area contributed by atoms with Crippen LogP contribution in [0.4, 0.5) is 0 Å². The van der Waals surface area contributed by atoms with E-state index in [1.165, 1.54) is 0 Å². The van der Waals surface area contributed by atoms with Gasteiger partial charge in [0.05, 0.1) is 13.0 Å². The van der Waals surface area contributed by atoms with Gasteiger partial charge in [-0.15, -0.1) is 0 Å². The van der Waals surface area contributed by atoms with Crippen LogP contribution in [0, 0.1) is 11.8 Å². The van der Waals surface area contributed by atoms with Gasteiger partial charge in [0.1, 0.15) is 11.9 Å². The van der Waals surface area contributed by atoms with Gasteiger partial charge in [-0.25, -0.2) is 0 Å². The highest BCUT2D eigenvalue weighted by atomic mass is 32.1. The molecule has 1 heterocycles. The lowest BCUT2D eigenvalue weighted by molar-refractivity contribution is -0.142. The Morgan fingerprint density at radius 2 is 2.10 bits per heavy atom. The molecule has 3 rings (SSSR count). The minimum absolute atomic E-state index is 0.0606. The van der Waals surface area contributed by atoms with Crippen molar-refractivity contribution < 1.29 is 19.0 Å². The fourth-order valence-electron chi connectivity index (χ4n) is 3.03. The molecule has 2 fully saturated rings. The van der Waals surface area contributed by atoms with Crippen LogP contribution < -0.4 is 4.74 Å². The van der Waals surface area contributed by atoms with Gasteiger partial charge in [-0.2, -0.15) is 0 Å². The average Bonchev–Trinajstić information content (AvgIpc) is 2.85. The van der Waals surface area contributed by atoms with Crippen LogP contribution in [0.3, 0.4) is 0 Å². The van der Waals surface area contributed by atoms with E-state index in [1.807, 2.05) is 30.3 Å². The zero-order chi connectivity index (χ0) is 14.7. The average molecular weight is 306 g/mol. The topological polar surface area (TPSA) is 44.8 Å². The first-order valence-electron chi connectivity index (χ1n) is 7.30. The number of carbonyl (C=O) groups is 1. The molecular formula is C16H18O4S. The largest absolute Gasteiger partial charge is 0.462 e. The van der Waals surface area contributed by atoms with Crippen molar-refractivity contribution in [1.82, 2.24) is 0 Å². The number of benzene rings is 1. The Morgan fingerprint density at radius 3 is 2.90 bits per heavy atom. The van der Waals surface area contributed by atoms with Crippen LogP contribution in [0.5, 0.6) is 5.75 Å². The van der Waals surface area contributed by atoms with E-state index in [4.69, 9.17) is 26.4 Å². The van der Waals surface area contributed by atoms with Crippen molar-refractivity contribution >= 4 is 23.4 Å².